The largest absolute Gasteiger partial charge is 0.344 e. The summed E-state index contributed by atoms with van der Waals surface area (Å²) in [7, 11) is 0. The second-order valence-electron chi connectivity index (χ2n) is 4.14. The lowest BCUT2D eigenvalue weighted by Gasteiger charge is -2.18. The molecule has 16 heavy (non-hydrogen) atoms. The summed E-state index contributed by atoms with van der Waals surface area (Å²) in [5.74, 6) is 1.12. The average Bonchev–Trinajstić information content (AvgIpc) is 2.34. The first-order chi connectivity index (χ1) is 7.90. The number of nitrogens with zero attached hydrogens (tertiary/aromatic N) is 1. The van der Waals surface area contributed by atoms with Crippen molar-refractivity contribution in [3.8, 4) is 0 Å². The van der Waals surface area contributed by atoms with Gasteiger partial charge in [-0.1, -0.05) is 24.6 Å². The van der Waals surface area contributed by atoms with E-state index in [2.05, 4.69) is 34.6 Å². The van der Waals surface area contributed by atoms with Crippen molar-refractivity contribution in [2.24, 2.45) is 10.7 Å². The normalized spacial score (nSPS) is 13.9. The monoisotopic (exact) mass is 217 g/mol. The zero-order chi connectivity index (χ0) is 11.2. The fourth-order valence-corrected chi connectivity index (χ4v) is 1.91. The van der Waals surface area contributed by atoms with Gasteiger partial charge in [-0.3, -0.25) is 4.99 Å². The minimum absolute atomic E-state index is 0.794. The number of unbranched alkanes of at least 4 members (excludes halogenated alkanes) is 2. The molecule has 2 rings (SSSR count). The number of rotatable bonds is 5. The quantitative estimate of drug-likeness (QED) is 0.745. The first kappa shape index (κ1) is 11.1. The third-order valence-corrected chi connectivity index (χ3v) is 2.85. The molecule has 1 aliphatic heterocycles. The van der Waals surface area contributed by atoms with Gasteiger partial charge in [0.05, 0.1) is 6.54 Å². The van der Waals surface area contributed by atoms with Crippen LogP contribution in [0.2, 0.25) is 0 Å². The first-order valence-electron chi connectivity index (χ1n) is 5.98. The Balaban J connectivity index is 1.84. The van der Waals surface area contributed by atoms with E-state index in [4.69, 9.17) is 5.73 Å². The Labute approximate surface area is 96.8 Å². The molecule has 0 saturated carbocycles. The topological polar surface area (TPSA) is 50.4 Å². The molecular formula is C13H19N3. The zero-order valence-corrected chi connectivity index (χ0v) is 9.58. The Hall–Kier alpha value is -1.35. The maximum absolute atomic E-state index is 5.47. The molecule has 0 radical (unpaired) electrons. The lowest BCUT2D eigenvalue weighted by molar-refractivity contribution is 0.703. The van der Waals surface area contributed by atoms with Crippen molar-refractivity contribution < 1.29 is 0 Å². The molecule has 0 amide bonds. The van der Waals surface area contributed by atoms with Crippen molar-refractivity contribution in [2.75, 3.05) is 11.9 Å². The summed E-state index contributed by atoms with van der Waals surface area (Å²) < 4.78 is 0. The van der Waals surface area contributed by atoms with E-state index < -0.39 is 0 Å². The third kappa shape index (κ3) is 2.83. The average molecular weight is 217 g/mol. The molecule has 0 bridgehead atoms. The number of para-hydroxylation sites is 1. The number of nitrogens with two attached hydrogens (primary N) is 1. The van der Waals surface area contributed by atoms with Gasteiger partial charge in [-0.15, -0.1) is 0 Å². The van der Waals surface area contributed by atoms with Gasteiger partial charge in [0.2, 0.25) is 0 Å². The minimum atomic E-state index is 0.794. The predicted molar refractivity (Wildman–Crippen MR) is 68.7 cm³/mol. The molecule has 1 aromatic carbocycles. The Kier molecular flexibility index (Phi) is 3.94. The summed E-state index contributed by atoms with van der Waals surface area (Å²) in [6.45, 7) is 1.61. The maximum atomic E-state index is 5.47. The summed E-state index contributed by atoms with van der Waals surface area (Å²) in [4.78, 5) is 4.54. The van der Waals surface area contributed by atoms with Gasteiger partial charge in [-0.2, -0.15) is 0 Å². The second kappa shape index (κ2) is 5.66. The number of amidine groups is 1. The van der Waals surface area contributed by atoms with E-state index >= 15 is 0 Å². The molecule has 0 aromatic heterocycles. The van der Waals surface area contributed by atoms with Gasteiger partial charge < -0.3 is 11.1 Å². The van der Waals surface area contributed by atoms with Crippen LogP contribution in [0.3, 0.4) is 0 Å². The SMILES string of the molecule is NCCCCCC1=NCc2ccccc2N1. The summed E-state index contributed by atoms with van der Waals surface area (Å²) in [6.07, 6.45) is 4.52. The Morgan fingerprint density at radius 1 is 1.19 bits per heavy atom. The van der Waals surface area contributed by atoms with Crippen LogP contribution in [0.5, 0.6) is 0 Å². The smallest absolute Gasteiger partial charge is 0.101 e. The van der Waals surface area contributed by atoms with Crippen LogP contribution < -0.4 is 11.1 Å². The molecule has 0 spiro atoms. The standard InChI is InChI=1S/C13H19N3/c14-9-5-1-2-8-13-15-10-11-6-3-4-7-12(11)16-13/h3-4,6-7H,1-2,5,8-10,14H2,(H,15,16). The van der Waals surface area contributed by atoms with E-state index in [1.807, 2.05) is 0 Å². The van der Waals surface area contributed by atoms with Crippen molar-refractivity contribution in [3.63, 3.8) is 0 Å². The number of nitrogens with one attached hydrogen (secondary N) is 1. The highest BCUT2D eigenvalue weighted by Gasteiger charge is 2.09. The van der Waals surface area contributed by atoms with E-state index in [1.165, 1.54) is 24.1 Å². The van der Waals surface area contributed by atoms with Crippen LogP contribution in [-0.4, -0.2) is 12.4 Å². The van der Waals surface area contributed by atoms with Gasteiger partial charge >= 0.3 is 0 Å². The summed E-state index contributed by atoms with van der Waals surface area (Å²) in [5, 5.41) is 3.39. The number of hydrogen-bond acceptors (Lipinski definition) is 3. The number of aliphatic imine (C=N–C) groups is 1. The van der Waals surface area contributed by atoms with Crippen LogP contribution in [0.25, 0.3) is 0 Å². The number of hydrogen-bond donors (Lipinski definition) is 2. The molecule has 1 aliphatic rings. The third-order valence-electron chi connectivity index (χ3n) is 2.85. The van der Waals surface area contributed by atoms with Crippen LogP contribution in [0.4, 0.5) is 5.69 Å². The molecule has 1 heterocycles. The zero-order valence-electron chi connectivity index (χ0n) is 9.58. The van der Waals surface area contributed by atoms with Gasteiger partial charge in [-0.05, 0) is 31.0 Å². The maximum Gasteiger partial charge on any atom is 0.101 e. The molecule has 0 atom stereocenters. The van der Waals surface area contributed by atoms with Crippen molar-refractivity contribution in [2.45, 2.75) is 32.2 Å². The van der Waals surface area contributed by atoms with Crippen LogP contribution in [0, 0.1) is 0 Å². The first-order valence-corrected chi connectivity index (χ1v) is 5.98. The summed E-state index contributed by atoms with van der Waals surface area (Å²) >= 11 is 0. The molecule has 1 aromatic rings. The summed E-state index contributed by atoms with van der Waals surface area (Å²) in [5.41, 5.74) is 7.96. The number of benzene rings is 1. The fraction of sp³-hybridized carbons (Fsp3) is 0.462. The van der Waals surface area contributed by atoms with Crippen LogP contribution in [0.15, 0.2) is 29.3 Å². The molecule has 3 nitrogen and oxygen atoms in total. The summed E-state index contributed by atoms with van der Waals surface area (Å²) in [6, 6.07) is 8.35. The highest BCUT2D eigenvalue weighted by molar-refractivity contribution is 5.97. The van der Waals surface area contributed by atoms with Gasteiger partial charge in [0.1, 0.15) is 5.84 Å². The van der Waals surface area contributed by atoms with E-state index in [1.54, 1.807) is 0 Å². The van der Waals surface area contributed by atoms with Crippen LogP contribution >= 0.6 is 0 Å². The van der Waals surface area contributed by atoms with Gasteiger partial charge in [-0.25, -0.2) is 0 Å². The molecule has 3 N–H and O–H groups in total. The molecule has 0 unspecified atom stereocenters. The van der Waals surface area contributed by atoms with Crippen molar-refractivity contribution in [1.82, 2.24) is 0 Å². The molecule has 0 fully saturated rings. The van der Waals surface area contributed by atoms with E-state index in [0.29, 0.717) is 0 Å². The second-order valence-corrected chi connectivity index (χ2v) is 4.14. The lowest BCUT2D eigenvalue weighted by Crippen LogP contribution is -2.17. The van der Waals surface area contributed by atoms with Gasteiger partial charge in [0.25, 0.3) is 0 Å². The molecule has 3 heteroatoms. The molecule has 0 saturated heterocycles. The lowest BCUT2D eigenvalue weighted by atomic mass is 10.1. The molecule has 0 aliphatic carbocycles. The van der Waals surface area contributed by atoms with Crippen molar-refractivity contribution in [1.29, 1.82) is 0 Å². The number of fused-ring (bicyclic) bond motifs is 1. The van der Waals surface area contributed by atoms with E-state index in [0.717, 1.165) is 31.8 Å². The minimum Gasteiger partial charge on any atom is -0.344 e. The van der Waals surface area contributed by atoms with Crippen LogP contribution in [-0.2, 0) is 6.54 Å². The van der Waals surface area contributed by atoms with E-state index in [9.17, 15) is 0 Å². The highest BCUT2D eigenvalue weighted by atomic mass is 15.0. The Bertz CT molecular complexity index is 371. The van der Waals surface area contributed by atoms with Crippen LogP contribution in [0.1, 0.15) is 31.2 Å². The Morgan fingerprint density at radius 2 is 2.06 bits per heavy atom. The highest BCUT2D eigenvalue weighted by Crippen LogP contribution is 2.20. The Morgan fingerprint density at radius 3 is 2.94 bits per heavy atom. The van der Waals surface area contributed by atoms with Gasteiger partial charge in [0, 0.05) is 12.1 Å². The van der Waals surface area contributed by atoms with Crippen molar-refractivity contribution in [3.05, 3.63) is 29.8 Å². The van der Waals surface area contributed by atoms with E-state index in [-0.39, 0.29) is 0 Å². The molecule has 86 valence electrons. The fourth-order valence-electron chi connectivity index (χ4n) is 1.91. The molecular weight excluding hydrogens is 198 g/mol. The van der Waals surface area contributed by atoms with Gasteiger partial charge in [0.15, 0.2) is 0 Å². The van der Waals surface area contributed by atoms with Crippen molar-refractivity contribution >= 4 is 11.5 Å². The number of anilines is 1. The predicted octanol–water partition coefficient (Wildman–Crippen LogP) is 2.53.